The molecule has 1 aromatic heterocycles. The van der Waals surface area contributed by atoms with Crippen LogP contribution in [0.4, 0.5) is 5.82 Å². The lowest BCUT2D eigenvalue weighted by Crippen LogP contribution is -2.18. The van der Waals surface area contributed by atoms with Crippen molar-refractivity contribution in [1.82, 2.24) is 9.78 Å². The SMILES string of the molecule is CCOc1ccccc1C(=O)Nc1c2c(nn1-c1ccccc1C)C[S@@](=O)C2. The van der Waals surface area contributed by atoms with Crippen molar-refractivity contribution in [3.8, 4) is 11.4 Å². The molecule has 6 nitrogen and oxygen atoms in total. The lowest BCUT2D eigenvalue weighted by atomic mass is 10.1. The Kier molecular flexibility index (Phi) is 5.00. The first kappa shape index (κ1) is 18.4. The van der Waals surface area contributed by atoms with Crippen molar-refractivity contribution < 1.29 is 13.7 Å². The van der Waals surface area contributed by atoms with Gasteiger partial charge in [0.2, 0.25) is 0 Å². The van der Waals surface area contributed by atoms with Crippen molar-refractivity contribution in [3.63, 3.8) is 0 Å². The molecule has 0 saturated carbocycles. The van der Waals surface area contributed by atoms with Gasteiger partial charge in [0.05, 0.1) is 35.1 Å². The number of para-hydroxylation sites is 2. The van der Waals surface area contributed by atoms with Crippen molar-refractivity contribution in [1.29, 1.82) is 0 Å². The van der Waals surface area contributed by atoms with Gasteiger partial charge in [0, 0.05) is 16.4 Å². The second-order valence-electron chi connectivity index (χ2n) is 6.58. The Bertz CT molecular complexity index is 1070. The normalized spacial score (nSPS) is 15.3. The summed E-state index contributed by atoms with van der Waals surface area (Å²) in [4.78, 5) is 13.0. The highest BCUT2D eigenvalue weighted by molar-refractivity contribution is 7.83. The maximum Gasteiger partial charge on any atom is 0.260 e. The van der Waals surface area contributed by atoms with Gasteiger partial charge in [0.1, 0.15) is 11.6 Å². The summed E-state index contributed by atoms with van der Waals surface area (Å²) >= 11 is 0. The van der Waals surface area contributed by atoms with Gasteiger partial charge in [-0.1, -0.05) is 30.3 Å². The average Bonchev–Trinajstić information content (AvgIpc) is 3.20. The summed E-state index contributed by atoms with van der Waals surface area (Å²) in [6.45, 7) is 4.35. The molecule has 2 aromatic carbocycles. The molecular weight excluding hydrogens is 374 g/mol. The second kappa shape index (κ2) is 7.59. The maximum atomic E-state index is 13.0. The maximum absolute atomic E-state index is 13.0. The van der Waals surface area contributed by atoms with Crippen molar-refractivity contribution in [2.24, 2.45) is 0 Å². The molecule has 1 amide bonds. The van der Waals surface area contributed by atoms with Gasteiger partial charge >= 0.3 is 0 Å². The molecule has 0 bridgehead atoms. The molecule has 1 aliphatic rings. The number of anilines is 1. The van der Waals surface area contributed by atoms with Crippen molar-refractivity contribution >= 4 is 22.5 Å². The minimum absolute atomic E-state index is 0.278. The highest BCUT2D eigenvalue weighted by atomic mass is 32.2. The Morgan fingerprint density at radius 2 is 1.93 bits per heavy atom. The van der Waals surface area contributed by atoms with Gasteiger partial charge in [-0.3, -0.25) is 9.00 Å². The van der Waals surface area contributed by atoms with Gasteiger partial charge < -0.3 is 10.1 Å². The van der Waals surface area contributed by atoms with E-state index >= 15 is 0 Å². The highest BCUT2D eigenvalue weighted by Crippen LogP contribution is 2.33. The van der Waals surface area contributed by atoms with E-state index < -0.39 is 10.8 Å². The lowest BCUT2D eigenvalue weighted by molar-refractivity contribution is 0.102. The number of carbonyl (C=O) groups excluding carboxylic acids is 1. The van der Waals surface area contributed by atoms with Crippen LogP contribution in [0.2, 0.25) is 0 Å². The molecule has 0 fully saturated rings. The first-order valence-electron chi connectivity index (χ1n) is 9.13. The van der Waals surface area contributed by atoms with Gasteiger partial charge in [-0.15, -0.1) is 0 Å². The summed E-state index contributed by atoms with van der Waals surface area (Å²) in [6.07, 6.45) is 0. The summed E-state index contributed by atoms with van der Waals surface area (Å²) in [6, 6.07) is 15.0. The second-order valence-corrected chi connectivity index (χ2v) is 8.04. The van der Waals surface area contributed by atoms with Crippen molar-refractivity contribution in [2.45, 2.75) is 25.4 Å². The molecule has 1 aliphatic heterocycles. The Labute approximate surface area is 166 Å². The number of rotatable bonds is 5. The molecular formula is C21H21N3O3S. The zero-order valence-corrected chi connectivity index (χ0v) is 16.6. The van der Waals surface area contributed by atoms with E-state index in [0.717, 1.165) is 22.5 Å². The fourth-order valence-electron chi connectivity index (χ4n) is 3.34. The number of benzene rings is 2. The van der Waals surface area contributed by atoms with Gasteiger partial charge in [-0.2, -0.15) is 5.10 Å². The summed E-state index contributed by atoms with van der Waals surface area (Å²) < 4.78 is 19.4. The molecule has 1 N–H and O–H groups in total. The zero-order valence-electron chi connectivity index (χ0n) is 15.8. The van der Waals surface area contributed by atoms with Crippen molar-refractivity contribution in [2.75, 3.05) is 11.9 Å². The van der Waals surface area contributed by atoms with Gasteiger partial charge in [0.15, 0.2) is 0 Å². The summed E-state index contributed by atoms with van der Waals surface area (Å²) in [5.41, 5.74) is 3.99. The van der Waals surface area contributed by atoms with E-state index in [0.29, 0.717) is 35.2 Å². The third-order valence-electron chi connectivity index (χ3n) is 4.68. The number of amides is 1. The smallest absolute Gasteiger partial charge is 0.260 e. The van der Waals surface area contributed by atoms with Crippen LogP contribution >= 0.6 is 0 Å². The fourth-order valence-corrected chi connectivity index (χ4v) is 4.61. The van der Waals surface area contributed by atoms with Crippen LogP contribution in [0.25, 0.3) is 5.69 Å². The number of aryl methyl sites for hydroxylation is 1. The number of hydrogen-bond donors (Lipinski definition) is 1. The molecule has 0 spiro atoms. The largest absolute Gasteiger partial charge is 0.493 e. The molecule has 2 heterocycles. The van der Waals surface area contributed by atoms with E-state index in [1.807, 2.05) is 44.2 Å². The third kappa shape index (κ3) is 3.33. The molecule has 0 saturated heterocycles. The number of ether oxygens (including phenoxy) is 1. The van der Waals surface area contributed by atoms with Crippen LogP contribution in [0.5, 0.6) is 5.75 Å². The van der Waals surface area contributed by atoms with Crippen LogP contribution in [0.15, 0.2) is 48.5 Å². The van der Waals surface area contributed by atoms with Gasteiger partial charge in [0.25, 0.3) is 5.91 Å². The Balaban J connectivity index is 1.77. The van der Waals surface area contributed by atoms with Crippen molar-refractivity contribution in [3.05, 3.63) is 70.9 Å². The van der Waals surface area contributed by atoms with Gasteiger partial charge in [-0.05, 0) is 37.6 Å². The predicted octanol–water partition coefficient (Wildman–Crippen LogP) is 3.59. The molecule has 1 atom stereocenters. The van der Waals surface area contributed by atoms with E-state index in [4.69, 9.17) is 4.74 Å². The van der Waals surface area contributed by atoms with E-state index in [1.54, 1.807) is 22.9 Å². The minimum atomic E-state index is -0.987. The highest BCUT2D eigenvalue weighted by Gasteiger charge is 2.29. The van der Waals surface area contributed by atoms with Crippen LogP contribution in [0, 0.1) is 6.92 Å². The number of fused-ring (bicyclic) bond motifs is 1. The van der Waals surface area contributed by atoms with Crippen LogP contribution in [0.3, 0.4) is 0 Å². The summed E-state index contributed by atoms with van der Waals surface area (Å²) in [7, 11) is -0.987. The molecule has 4 rings (SSSR count). The van der Waals surface area contributed by atoms with Crippen LogP contribution < -0.4 is 10.1 Å². The van der Waals surface area contributed by atoms with E-state index in [2.05, 4.69) is 10.4 Å². The molecule has 144 valence electrons. The lowest BCUT2D eigenvalue weighted by Gasteiger charge is -2.14. The van der Waals surface area contributed by atoms with E-state index in [1.165, 1.54) is 0 Å². The molecule has 7 heteroatoms. The number of carbonyl (C=O) groups is 1. The standard InChI is InChI=1S/C21H21N3O3S/c1-3-27-19-11-7-5-9-15(19)21(25)22-20-16-12-28(26)13-17(16)23-24(20)18-10-6-4-8-14(18)2/h4-11H,3,12-13H2,1-2H3,(H,22,25)/t28-/m0/s1. The molecule has 28 heavy (non-hydrogen) atoms. The topological polar surface area (TPSA) is 73.2 Å². The van der Waals surface area contributed by atoms with Gasteiger partial charge in [-0.25, -0.2) is 4.68 Å². The zero-order chi connectivity index (χ0) is 19.7. The van der Waals surface area contributed by atoms with Crippen LogP contribution in [-0.4, -0.2) is 26.5 Å². The average molecular weight is 395 g/mol. The summed E-state index contributed by atoms with van der Waals surface area (Å²) in [5.74, 6) is 1.63. The molecule has 3 aromatic rings. The number of nitrogens with one attached hydrogen (secondary N) is 1. The predicted molar refractivity (Wildman–Crippen MR) is 109 cm³/mol. The first-order valence-corrected chi connectivity index (χ1v) is 10.6. The number of hydrogen-bond acceptors (Lipinski definition) is 4. The Hall–Kier alpha value is -2.93. The summed E-state index contributed by atoms with van der Waals surface area (Å²) in [5, 5.41) is 7.65. The van der Waals surface area contributed by atoms with E-state index in [-0.39, 0.29) is 5.91 Å². The number of aromatic nitrogens is 2. The van der Waals surface area contributed by atoms with Crippen LogP contribution in [0.1, 0.15) is 34.1 Å². The fraction of sp³-hybridized carbons (Fsp3) is 0.238. The molecule has 0 radical (unpaired) electrons. The van der Waals surface area contributed by atoms with E-state index in [9.17, 15) is 9.00 Å². The Morgan fingerprint density at radius 1 is 1.18 bits per heavy atom. The number of nitrogens with zero attached hydrogens (tertiary/aromatic N) is 2. The van der Waals surface area contributed by atoms with Crippen LogP contribution in [-0.2, 0) is 22.3 Å². The monoisotopic (exact) mass is 395 g/mol. The quantitative estimate of drug-likeness (QED) is 0.716. The molecule has 0 aliphatic carbocycles. The third-order valence-corrected chi connectivity index (χ3v) is 5.88. The molecule has 0 unspecified atom stereocenters. The first-order chi connectivity index (χ1) is 13.6. The Morgan fingerprint density at radius 3 is 2.71 bits per heavy atom. The minimum Gasteiger partial charge on any atom is -0.493 e.